The van der Waals surface area contributed by atoms with Crippen LogP contribution in [0.2, 0.25) is 0 Å². The van der Waals surface area contributed by atoms with E-state index in [0.717, 1.165) is 12.0 Å². The quantitative estimate of drug-likeness (QED) is 0.721. The molecule has 1 nitrogen and oxygen atoms in total. The minimum atomic E-state index is 0.340. The van der Waals surface area contributed by atoms with Crippen molar-refractivity contribution in [2.45, 2.75) is 83.2 Å². The summed E-state index contributed by atoms with van der Waals surface area (Å²) in [7, 11) is 0. The standard InChI is InChI=1S/C20H31N/c1-15-7-6-8-16(12-11-15)21-19-13-14-20(2,3)18-10-5-4-9-17(18)19/h4-5,9-10,15-16,19,21H,6-8,11-14H2,1-3H3. The number of benzene rings is 1. The highest BCUT2D eigenvalue weighted by molar-refractivity contribution is 5.38. The Morgan fingerprint density at radius 3 is 2.67 bits per heavy atom. The van der Waals surface area contributed by atoms with Crippen molar-refractivity contribution in [3.05, 3.63) is 35.4 Å². The van der Waals surface area contributed by atoms with Crippen LogP contribution in [0.3, 0.4) is 0 Å². The van der Waals surface area contributed by atoms with Gasteiger partial charge in [-0.15, -0.1) is 0 Å². The van der Waals surface area contributed by atoms with Gasteiger partial charge in [0.15, 0.2) is 0 Å². The van der Waals surface area contributed by atoms with Gasteiger partial charge >= 0.3 is 0 Å². The molecular formula is C20H31N. The molecule has 1 aromatic carbocycles. The Hall–Kier alpha value is -0.820. The first-order valence-electron chi connectivity index (χ1n) is 8.92. The zero-order chi connectivity index (χ0) is 14.9. The van der Waals surface area contributed by atoms with Gasteiger partial charge in [0.1, 0.15) is 0 Å². The van der Waals surface area contributed by atoms with Gasteiger partial charge in [0, 0.05) is 12.1 Å². The molecule has 1 saturated carbocycles. The van der Waals surface area contributed by atoms with Crippen LogP contribution >= 0.6 is 0 Å². The van der Waals surface area contributed by atoms with Crippen molar-refractivity contribution < 1.29 is 0 Å². The Morgan fingerprint density at radius 1 is 1.00 bits per heavy atom. The molecule has 116 valence electrons. The van der Waals surface area contributed by atoms with Gasteiger partial charge in [-0.25, -0.2) is 0 Å². The fraction of sp³-hybridized carbons (Fsp3) is 0.700. The summed E-state index contributed by atoms with van der Waals surface area (Å²) < 4.78 is 0. The van der Waals surface area contributed by atoms with E-state index in [9.17, 15) is 0 Å². The van der Waals surface area contributed by atoms with E-state index in [1.165, 1.54) is 44.9 Å². The first kappa shape index (κ1) is 15.1. The highest BCUT2D eigenvalue weighted by Crippen LogP contribution is 2.41. The second kappa shape index (κ2) is 6.12. The summed E-state index contributed by atoms with van der Waals surface area (Å²) in [5.74, 6) is 0.925. The summed E-state index contributed by atoms with van der Waals surface area (Å²) in [6.07, 6.45) is 9.54. The van der Waals surface area contributed by atoms with Gasteiger partial charge in [-0.2, -0.15) is 0 Å². The molecule has 0 heterocycles. The van der Waals surface area contributed by atoms with Crippen molar-refractivity contribution in [2.75, 3.05) is 0 Å². The van der Waals surface area contributed by atoms with Crippen molar-refractivity contribution in [1.29, 1.82) is 0 Å². The minimum absolute atomic E-state index is 0.340. The number of fused-ring (bicyclic) bond motifs is 1. The molecule has 1 N–H and O–H groups in total. The van der Waals surface area contributed by atoms with Crippen LogP contribution in [0.25, 0.3) is 0 Å². The Balaban J connectivity index is 1.74. The smallest absolute Gasteiger partial charge is 0.0325 e. The Labute approximate surface area is 130 Å². The van der Waals surface area contributed by atoms with E-state index in [0.29, 0.717) is 11.5 Å². The predicted molar refractivity (Wildman–Crippen MR) is 90.6 cm³/mol. The van der Waals surface area contributed by atoms with Gasteiger partial charge in [0.05, 0.1) is 0 Å². The molecule has 0 radical (unpaired) electrons. The fourth-order valence-corrected chi connectivity index (χ4v) is 4.32. The van der Waals surface area contributed by atoms with Gasteiger partial charge in [-0.05, 0) is 54.6 Å². The second-order valence-corrected chi connectivity index (χ2v) is 8.04. The van der Waals surface area contributed by atoms with Crippen LogP contribution in [0.15, 0.2) is 24.3 Å². The molecule has 0 spiro atoms. The Bertz CT molecular complexity index is 476. The molecule has 2 aliphatic rings. The van der Waals surface area contributed by atoms with Gasteiger partial charge in [0.25, 0.3) is 0 Å². The molecule has 0 aliphatic heterocycles. The van der Waals surface area contributed by atoms with Crippen LogP contribution in [0.4, 0.5) is 0 Å². The maximum absolute atomic E-state index is 4.01. The van der Waals surface area contributed by atoms with Crippen molar-refractivity contribution >= 4 is 0 Å². The van der Waals surface area contributed by atoms with Crippen molar-refractivity contribution in [3.8, 4) is 0 Å². The molecule has 1 fully saturated rings. The highest BCUT2D eigenvalue weighted by atomic mass is 15.0. The zero-order valence-electron chi connectivity index (χ0n) is 14.0. The summed E-state index contributed by atoms with van der Waals surface area (Å²) in [6, 6.07) is 10.4. The van der Waals surface area contributed by atoms with Gasteiger partial charge in [0.2, 0.25) is 0 Å². The second-order valence-electron chi connectivity index (χ2n) is 8.04. The Morgan fingerprint density at radius 2 is 1.81 bits per heavy atom. The summed E-state index contributed by atoms with van der Waals surface area (Å²) in [5.41, 5.74) is 3.47. The third kappa shape index (κ3) is 3.34. The van der Waals surface area contributed by atoms with E-state index >= 15 is 0 Å². The van der Waals surface area contributed by atoms with E-state index in [2.05, 4.69) is 50.4 Å². The molecule has 2 aliphatic carbocycles. The molecule has 3 atom stereocenters. The molecule has 1 heteroatoms. The van der Waals surface area contributed by atoms with Gasteiger partial charge in [-0.1, -0.05) is 57.9 Å². The third-order valence-electron chi connectivity index (χ3n) is 5.82. The van der Waals surface area contributed by atoms with Crippen molar-refractivity contribution in [3.63, 3.8) is 0 Å². The monoisotopic (exact) mass is 285 g/mol. The third-order valence-corrected chi connectivity index (χ3v) is 5.82. The number of hydrogen-bond acceptors (Lipinski definition) is 1. The summed E-state index contributed by atoms with van der Waals surface area (Å²) in [4.78, 5) is 0. The number of nitrogens with one attached hydrogen (secondary N) is 1. The molecule has 21 heavy (non-hydrogen) atoms. The lowest BCUT2D eigenvalue weighted by Gasteiger charge is -2.39. The van der Waals surface area contributed by atoms with Crippen LogP contribution in [0, 0.1) is 5.92 Å². The molecule has 3 unspecified atom stereocenters. The number of rotatable bonds is 2. The van der Waals surface area contributed by atoms with E-state index in [1.54, 1.807) is 11.1 Å². The van der Waals surface area contributed by atoms with Crippen LogP contribution in [0.5, 0.6) is 0 Å². The summed E-state index contributed by atoms with van der Waals surface area (Å²) in [5, 5.41) is 4.01. The predicted octanol–water partition coefficient (Wildman–Crippen LogP) is 5.36. The maximum atomic E-state index is 4.01. The van der Waals surface area contributed by atoms with Crippen LogP contribution in [-0.4, -0.2) is 6.04 Å². The van der Waals surface area contributed by atoms with Gasteiger partial charge in [-0.3, -0.25) is 0 Å². The maximum Gasteiger partial charge on any atom is 0.0325 e. The molecular weight excluding hydrogens is 254 g/mol. The highest BCUT2D eigenvalue weighted by Gasteiger charge is 2.33. The minimum Gasteiger partial charge on any atom is -0.307 e. The molecule has 3 rings (SSSR count). The molecule has 1 aromatic rings. The van der Waals surface area contributed by atoms with E-state index in [-0.39, 0.29) is 0 Å². The topological polar surface area (TPSA) is 12.0 Å². The number of hydrogen-bond donors (Lipinski definition) is 1. The summed E-state index contributed by atoms with van der Waals surface area (Å²) >= 11 is 0. The lowest BCUT2D eigenvalue weighted by molar-refractivity contribution is 0.318. The first-order valence-corrected chi connectivity index (χ1v) is 8.92. The van der Waals surface area contributed by atoms with E-state index in [4.69, 9.17) is 0 Å². The van der Waals surface area contributed by atoms with Crippen molar-refractivity contribution in [2.24, 2.45) is 5.92 Å². The lowest BCUT2D eigenvalue weighted by atomic mass is 9.71. The molecule has 0 bridgehead atoms. The van der Waals surface area contributed by atoms with Crippen LogP contribution < -0.4 is 5.32 Å². The summed E-state index contributed by atoms with van der Waals surface area (Å²) in [6.45, 7) is 7.21. The fourth-order valence-electron chi connectivity index (χ4n) is 4.32. The van der Waals surface area contributed by atoms with Gasteiger partial charge < -0.3 is 5.32 Å². The Kier molecular flexibility index (Phi) is 4.40. The molecule has 0 saturated heterocycles. The molecule has 0 amide bonds. The van der Waals surface area contributed by atoms with E-state index in [1.807, 2.05) is 0 Å². The molecule has 0 aromatic heterocycles. The lowest BCUT2D eigenvalue weighted by Crippen LogP contribution is -2.37. The zero-order valence-corrected chi connectivity index (χ0v) is 14.0. The van der Waals surface area contributed by atoms with E-state index < -0.39 is 0 Å². The first-order chi connectivity index (χ1) is 10.1. The average molecular weight is 285 g/mol. The SMILES string of the molecule is CC1CCCC(NC2CCC(C)(C)c3ccccc32)CC1. The van der Waals surface area contributed by atoms with Crippen LogP contribution in [-0.2, 0) is 5.41 Å². The van der Waals surface area contributed by atoms with Crippen LogP contribution in [0.1, 0.15) is 82.9 Å². The average Bonchev–Trinajstić information content (AvgIpc) is 2.67. The van der Waals surface area contributed by atoms with Crippen molar-refractivity contribution in [1.82, 2.24) is 5.32 Å². The normalized spacial score (nSPS) is 32.2. The largest absolute Gasteiger partial charge is 0.307 e.